The molecule has 4 heterocycles. The number of halogens is 6. The number of alkyl halides is 3. The maximum atomic E-state index is 14.8. The Balaban J connectivity index is 0.898. The Morgan fingerprint density at radius 2 is 1.63 bits per heavy atom. The van der Waals surface area contributed by atoms with Gasteiger partial charge in [-0.25, -0.2) is 4.39 Å². The summed E-state index contributed by atoms with van der Waals surface area (Å²) in [5.74, 6) is -2.61. The molecule has 1 N–H and O–H groups in total. The molecule has 59 heavy (non-hydrogen) atoms. The first-order valence-electron chi connectivity index (χ1n) is 20.1. The van der Waals surface area contributed by atoms with Gasteiger partial charge in [-0.2, -0.15) is 0 Å². The summed E-state index contributed by atoms with van der Waals surface area (Å²) in [6.07, 6.45) is 5.84. The molecule has 2 aromatic carbocycles. The molecule has 17 heteroatoms. The molecule has 2 saturated heterocycles. The van der Waals surface area contributed by atoms with Gasteiger partial charge in [0.2, 0.25) is 11.8 Å². The maximum absolute atomic E-state index is 14.8. The van der Waals surface area contributed by atoms with Crippen molar-refractivity contribution in [3.63, 3.8) is 0 Å². The number of amides is 4. The molecular weight excluding hydrogens is 817 g/mol. The summed E-state index contributed by atoms with van der Waals surface area (Å²) in [5.41, 5.74) is 2.23. The fourth-order valence-electron chi connectivity index (χ4n) is 8.21. The van der Waals surface area contributed by atoms with Gasteiger partial charge in [0, 0.05) is 43.0 Å². The summed E-state index contributed by atoms with van der Waals surface area (Å²) in [6.45, 7) is 3.21. The fourth-order valence-corrected chi connectivity index (χ4v) is 8.78. The number of hydrogen-bond acceptors (Lipinski definition) is 8. The Kier molecular flexibility index (Phi) is 13.3. The van der Waals surface area contributed by atoms with E-state index < -0.39 is 35.8 Å². The largest absolute Gasteiger partial charge is 0.573 e. The average molecular weight is 863 g/mol. The van der Waals surface area contributed by atoms with Crippen molar-refractivity contribution in [2.45, 2.75) is 95.5 Å². The van der Waals surface area contributed by atoms with E-state index in [2.05, 4.69) is 19.9 Å². The number of imide groups is 1. The topological polar surface area (TPSA) is 121 Å². The van der Waals surface area contributed by atoms with E-state index in [9.17, 15) is 36.7 Å². The van der Waals surface area contributed by atoms with Gasteiger partial charge in [-0.05, 0) is 118 Å². The van der Waals surface area contributed by atoms with Gasteiger partial charge in [-0.3, -0.25) is 29.5 Å². The Hall–Kier alpha value is -4.47. The number of carbonyl (C=O) groups excluding carboxylic acids is 4. The number of anilines is 1. The molecule has 0 radical (unpaired) electrons. The van der Waals surface area contributed by atoms with Crippen molar-refractivity contribution >= 4 is 52.5 Å². The first-order chi connectivity index (χ1) is 28.3. The van der Waals surface area contributed by atoms with Crippen LogP contribution in [0.1, 0.15) is 108 Å². The molecular formula is C42H45Cl2F4N5O6. The van der Waals surface area contributed by atoms with Gasteiger partial charge < -0.3 is 24.2 Å². The minimum absolute atomic E-state index is 0.0753. The van der Waals surface area contributed by atoms with Crippen molar-refractivity contribution in [1.82, 2.24) is 20.1 Å². The zero-order chi connectivity index (χ0) is 41.8. The van der Waals surface area contributed by atoms with Crippen molar-refractivity contribution in [3.05, 3.63) is 80.8 Å². The van der Waals surface area contributed by atoms with E-state index in [4.69, 9.17) is 27.9 Å². The molecule has 11 nitrogen and oxygen atoms in total. The molecule has 1 unspecified atom stereocenters. The lowest BCUT2D eigenvalue weighted by molar-refractivity contribution is -0.275. The third-order valence-corrected chi connectivity index (χ3v) is 12.0. The monoisotopic (exact) mass is 861 g/mol. The number of piperidine rings is 2. The minimum atomic E-state index is -4.94. The SMILES string of the molecule is O=C1CCC(N2Cc3c(cc(F)cc3C3CCN(CCCCCCCN(C(=O)c4ccc(OC(F)(F)F)c(OCC5CC5)c4)c4c(Cl)cncc4Cl)CC3)C2=O)C(=O)N1. The van der Waals surface area contributed by atoms with Crippen molar-refractivity contribution in [1.29, 1.82) is 0 Å². The normalized spacial score (nSPS) is 18.8. The number of ether oxygens (including phenoxy) is 2. The van der Waals surface area contributed by atoms with Crippen molar-refractivity contribution < 1.29 is 46.2 Å². The van der Waals surface area contributed by atoms with Gasteiger partial charge in [0.25, 0.3) is 11.8 Å². The van der Waals surface area contributed by atoms with E-state index in [1.807, 2.05) is 0 Å². The second-order valence-corrected chi connectivity index (χ2v) is 16.5. The summed E-state index contributed by atoms with van der Waals surface area (Å²) in [7, 11) is 0. The Morgan fingerprint density at radius 3 is 2.32 bits per heavy atom. The van der Waals surface area contributed by atoms with Gasteiger partial charge in [0.05, 0.1) is 22.3 Å². The quantitative estimate of drug-likeness (QED) is 0.0866. The summed E-state index contributed by atoms with van der Waals surface area (Å²) in [6, 6.07) is 5.61. The van der Waals surface area contributed by atoms with Crippen LogP contribution in [-0.4, -0.2) is 83.6 Å². The Morgan fingerprint density at radius 1 is 0.915 bits per heavy atom. The van der Waals surface area contributed by atoms with Crippen LogP contribution in [0.5, 0.6) is 11.5 Å². The molecule has 316 valence electrons. The summed E-state index contributed by atoms with van der Waals surface area (Å²) < 4.78 is 64.2. The summed E-state index contributed by atoms with van der Waals surface area (Å²) in [4.78, 5) is 60.8. The van der Waals surface area contributed by atoms with Gasteiger partial charge in [-0.1, -0.05) is 42.5 Å². The molecule has 3 fully saturated rings. The number of likely N-dealkylation sites (tertiary alicyclic amines) is 1. The molecule has 0 bridgehead atoms. The van der Waals surface area contributed by atoms with Crippen molar-refractivity contribution in [3.8, 4) is 11.5 Å². The fraction of sp³-hybridized carbons (Fsp3) is 0.500. The third-order valence-electron chi connectivity index (χ3n) is 11.5. The van der Waals surface area contributed by atoms with Gasteiger partial charge in [0.1, 0.15) is 11.9 Å². The molecule has 3 aliphatic heterocycles. The Labute approximate surface area is 349 Å². The number of fused-ring (bicyclic) bond motifs is 1. The van der Waals surface area contributed by atoms with Crippen LogP contribution in [-0.2, 0) is 16.1 Å². The molecule has 4 amide bonds. The lowest BCUT2D eigenvalue weighted by Gasteiger charge is -2.33. The van der Waals surface area contributed by atoms with Crippen LogP contribution in [0.15, 0.2) is 42.7 Å². The smallest absolute Gasteiger partial charge is 0.489 e. The number of nitrogens with zero attached hydrogens (tertiary/aromatic N) is 4. The molecule has 1 aliphatic carbocycles. The molecule has 0 spiro atoms. The van der Waals surface area contributed by atoms with Crippen molar-refractivity contribution in [2.24, 2.45) is 5.92 Å². The van der Waals surface area contributed by atoms with Crippen molar-refractivity contribution in [2.75, 3.05) is 37.7 Å². The van der Waals surface area contributed by atoms with Crippen LogP contribution in [0.25, 0.3) is 0 Å². The number of hydrogen-bond donors (Lipinski definition) is 1. The predicted octanol–water partition coefficient (Wildman–Crippen LogP) is 8.45. The average Bonchev–Trinajstić information content (AvgIpc) is 3.97. The third kappa shape index (κ3) is 10.5. The summed E-state index contributed by atoms with van der Waals surface area (Å²) in [5, 5.41) is 2.62. The number of benzene rings is 2. The second-order valence-electron chi connectivity index (χ2n) is 15.7. The number of carbonyl (C=O) groups is 4. The van der Waals surface area contributed by atoms with E-state index in [1.54, 1.807) is 0 Å². The molecule has 1 saturated carbocycles. The first kappa shape index (κ1) is 42.6. The van der Waals surface area contributed by atoms with Gasteiger partial charge in [-0.15, -0.1) is 13.2 Å². The molecule has 1 atom stereocenters. The molecule has 4 aliphatic rings. The number of unbranched alkanes of at least 4 members (excludes halogenated alkanes) is 4. The van der Waals surface area contributed by atoms with E-state index in [0.29, 0.717) is 12.0 Å². The highest BCUT2D eigenvalue weighted by molar-refractivity contribution is 6.40. The molecule has 7 rings (SSSR count). The van der Waals surface area contributed by atoms with Crippen LogP contribution in [0.4, 0.5) is 23.2 Å². The van der Waals surface area contributed by atoms with E-state index in [1.165, 1.54) is 46.5 Å². The molecule has 1 aromatic heterocycles. The van der Waals surface area contributed by atoms with Crippen LogP contribution in [0.3, 0.4) is 0 Å². The van der Waals surface area contributed by atoms with E-state index in [0.717, 1.165) is 88.2 Å². The maximum Gasteiger partial charge on any atom is 0.573 e. The van der Waals surface area contributed by atoms with Crippen LogP contribution < -0.4 is 19.7 Å². The lowest BCUT2D eigenvalue weighted by Crippen LogP contribution is -2.52. The van der Waals surface area contributed by atoms with E-state index >= 15 is 0 Å². The van der Waals surface area contributed by atoms with Gasteiger partial charge >= 0.3 is 6.36 Å². The van der Waals surface area contributed by atoms with E-state index in [-0.39, 0.29) is 83.2 Å². The number of rotatable bonds is 16. The highest BCUT2D eigenvalue weighted by Gasteiger charge is 2.41. The minimum Gasteiger partial charge on any atom is -0.489 e. The molecule has 3 aromatic rings. The van der Waals surface area contributed by atoms with Crippen LogP contribution >= 0.6 is 23.2 Å². The number of aromatic nitrogens is 1. The van der Waals surface area contributed by atoms with Crippen LogP contribution in [0.2, 0.25) is 10.0 Å². The number of pyridine rings is 1. The predicted molar refractivity (Wildman–Crippen MR) is 211 cm³/mol. The highest BCUT2D eigenvalue weighted by Crippen LogP contribution is 2.40. The zero-order valence-corrected chi connectivity index (χ0v) is 33.8. The standard InChI is InChI=1S/C42H45Cl2F4N5O6/c43-32-21-49-22-33(44)38(32)52(40(56)27-8-10-35(59-42(46,47)48)36(18-27)58-24-25-6-7-25)15-5-3-1-2-4-14-51-16-12-26(13-17-51)29-19-28(45)20-30-31(29)23-53(41(30)57)34-9-11-37(54)50-39(34)55/h8,10,18-22,25-26,34H,1-7,9,11-17,23-24H2,(H,50,54,55). The summed E-state index contributed by atoms with van der Waals surface area (Å²) >= 11 is 13.0. The zero-order valence-electron chi connectivity index (χ0n) is 32.3. The Bertz CT molecular complexity index is 2060. The second kappa shape index (κ2) is 18.4. The first-order valence-corrected chi connectivity index (χ1v) is 20.8. The lowest BCUT2D eigenvalue weighted by atomic mass is 9.85. The highest BCUT2D eigenvalue weighted by atomic mass is 35.5. The van der Waals surface area contributed by atoms with Gasteiger partial charge in [0.15, 0.2) is 11.5 Å². The number of nitrogens with one attached hydrogen (secondary N) is 1. The van der Waals surface area contributed by atoms with Crippen LogP contribution in [0, 0.1) is 11.7 Å².